The molecule has 0 aliphatic carbocycles. The lowest BCUT2D eigenvalue weighted by atomic mass is 10.1. The molecule has 27 heavy (non-hydrogen) atoms. The van der Waals surface area contributed by atoms with Gasteiger partial charge in [-0.1, -0.05) is 42.0 Å². The van der Waals surface area contributed by atoms with E-state index in [1.54, 1.807) is 0 Å². The Morgan fingerprint density at radius 3 is 2.56 bits per heavy atom. The van der Waals surface area contributed by atoms with Gasteiger partial charge in [0.05, 0.1) is 6.54 Å². The number of hydrogen-bond donors (Lipinski definition) is 1. The molecule has 1 aliphatic rings. The first-order valence-corrected chi connectivity index (χ1v) is 10.1. The van der Waals surface area contributed by atoms with Gasteiger partial charge in [-0.15, -0.1) is 0 Å². The second kappa shape index (κ2) is 6.86. The molecule has 0 spiro atoms. The maximum atomic E-state index is 3.64. The number of likely N-dealkylation sites (tertiary alicyclic amines) is 1. The Hall–Kier alpha value is -2.59. The SMILES string of the molecule is Cc1ccc(-c2c[n+]3c4ccccc4[nH]c3n2CCCN2CCCC2)cc1. The Bertz CT molecular complexity index is 1070. The molecule has 1 N–H and O–H groups in total. The summed E-state index contributed by atoms with van der Waals surface area (Å²) >= 11 is 0. The van der Waals surface area contributed by atoms with Crippen LogP contribution in [0.15, 0.2) is 54.7 Å². The number of hydrogen-bond acceptors (Lipinski definition) is 1. The molecule has 2 aromatic carbocycles. The van der Waals surface area contributed by atoms with Gasteiger partial charge in [0.15, 0.2) is 0 Å². The normalized spacial score (nSPS) is 15.3. The predicted octanol–water partition coefficient (Wildman–Crippen LogP) is 4.17. The highest BCUT2D eigenvalue weighted by Crippen LogP contribution is 2.23. The minimum absolute atomic E-state index is 1.03. The largest absolute Gasteiger partial charge is 0.368 e. The summed E-state index contributed by atoms with van der Waals surface area (Å²) in [6, 6.07) is 17.4. The number of nitrogens with one attached hydrogen (secondary N) is 1. The minimum atomic E-state index is 1.03. The van der Waals surface area contributed by atoms with Crippen molar-refractivity contribution in [1.82, 2.24) is 14.5 Å². The number of rotatable bonds is 5. The third-order valence-electron chi connectivity index (χ3n) is 5.84. The van der Waals surface area contributed by atoms with Crippen LogP contribution in [0, 0.1) is 6.92 Å². The Morgan fingerprint density at radius 1 is 0.963 bits per heavy atom. The second-order valence-corrected chi connectivity index (χ2v) is 7.77. The summed E-state index contributed by atoms with van der Waals surface area (Å²) in [5.41, 5.74) is 6.29. The molecule has 4 aromatic rings. The van der Waals surface area contributed by atoms with Crippen LogP contribution in [0.3, 0.4) is 0 Å². The van der Waals surface area contributed by atoms with Crippen molar-refractivity contribution in [2.75, 3.05) is 19.6 Å². The van der Waals surface area contributed by atoms with Gasteiger partial charge in [0.25, 0.3) is 0 Å². The summed E-state index contributed by atoms with van der Waals surface area (Å²) in [5, 5.41) is 0. The van der Waals surface area contributed by atoms with Gasteiger partial charge in [-0.05, 0) is 51.4 Å². The minimum Gasteiger partial charge on any atom is -0.303 e. The molecule has 0 atom stereocenters. The molecule has 0 bridgehead atoms. The van der Waals surface area contributed by atoms with Gasteiger partial charge in [-0.25, -0.2) is 9.55 Å². The predicted molar refractivity (Wildman–Crippen MR) is 110 cm³/mol. The summed E-state index contributed by atoms with van der Waals surface area (Å²) in [6.45, 7) is 6.91. The van der Waals surface area contributed by atoms with Crippen LogP contribution in [-0.4, -0.2) is 34.1 Å². The van der Waals surface area contributed by atoms with E-state index in [9.17, 15) is 0 Å². The van der Waals surface area contributed by atoms with Crippen LogP contribution in [0.4, 0.5) is 0 Å². The topological polar surface area (TPSA) is 28.1 Å². The van der Waals surface area contributed by atoms with Crippen LogP contribution >= 0.6 is 0 Å². The van der Waals surface area contributed by atoms with E-state index in [2.05, 4.69) is 80.5 Å². The highest BCUT2D eigenvalue weighted by atomic mass is 15.2. The summed E-state index contributed by atoms with van der Waals surface area (Å²) in [6.07, 6.45) is 6.19. The number of fused-ring (bicyclic) bond motifs is 3. The maximum absolute atomic E-state index is 3.64. The monoisotopic (exact) mass is 359 g/mol. The highest BCUT2D eigenvalue weighted by Gasteiger charge is 2.22. The average Bonchev–Trinajstić information content (AvgIpc) is 3.39. The molecular weight excluding hydrogens is 332 g/mol. The van der Waals surface area contributed by atoms with Gasteiger partial charge in [0.2, 0.25) is 0 Å². The van der Waals surface area contributed by atoms with Gasteiger partial charge in [-0.2, -0.15) is 4.40 Å². The number of imidazole rings is 2. The lowest BCUT2D eigenvalue weighted by molar-refractivity contribution is -0.479. The molecule has 4 heteroatoms. The molecule has 2 aromatic heterocycles. The number of aromatic amines is 1. The van der Waals surface area contributed by atoms with Crippen LogP contribution in [0.5, 0.6) is 0 Å². The molecule has 4 nitrogen and oxygen atoms in total. The molecule has 1 aliphatic heterocycles. The zero-order valence-electron chi connectivity index (χ0n) is 16.0. The van der Waals surface area contributed by atoms with E-state index in [0.717, 1.165) is 6.54 Å². The molecule has 0 amide bonds. The van der Waals surface area contributed by atoms with Crippen molar-refractivity contribution in [1.29, 1.82) is 0 Å². The van der Waals surface area contributed by atoms with Gasteiger partial charge >= 0.3 is 5.78 Å². The van der Waals surface area contributed by atoms with E-state index in [1.807, 2.05) is 0 Å². The lowest BCUT2D eigenvalue weighted by Gasteiger charge is -2.13. The Morgan fingerprint density at radius 2 is 1.74 bits per heavy atom. The van der Waals surface area contributed by atoms with E-state index >= 15 is 0 Å². The molecule has 0 radical (unpaired) electrons. The Balaban J connectivity index is 1.55. The first kappa shape index (κ1) is 16.6. The summed E-state index contributed by atoms with van der Waals surface area (Å²) < 4.78 is 4.76. The fourth-order valence-electron chi connectivity index (χ4n) is 4.36. The molecular formula is C23H27N4+. The van der Waals surface area contributed by atoms with E-state index < -0.39 is 0 Å². The van der Waals surface area contributed by atoms with Crippen molar-refractivity contribution in [3.63, 3.8) is 0 Å². The first-order valence-electron chi connectivity index (χ1n) is 10.1. The van der Waals surface area contributed by atoms with E-state index in [0.29, 0.717) is 0 Å². The van der Waals surface area contributed by atoms with Crippen molar-refractivity contribution in [3.8, 4) is 11.3 Å². The van der Waals surface area contributed by atoms with Crippen molar-refractivity contribution in [3.05, 3.63) is 60.3 Å². The average molecular weight is 359 g/mol. The summed E-state index contributed by atoms with van der Waals surface area (Å²) in [7, 11) is 0. The van der Waals surface area contributed by atoms with Gasteiger partial charge < -0.3 is 4.90 Å². The fourth-order valence-corrected chi connectivity index (χ4v) is 4.36. The van der Waals surface area contributed by atoms with Crippen LogP contribution in [0.25, 0.3) is 28.1 Å². The highest BCUT2D eigenvalue weighted by molar-refractivity contribution is 5.74. The summed E-state index contributed by atoms with van der Waals surface area (Å²) in [4.78, 5) is 6.24. The number of benzene rings is 2. The smallest absolute Gasteiger partial charge is 0.303 e. The van der Waals surface area contributed by atoms with Crippen LogP contribution in [-0.2, 0) is 6.54 Å². The number of nitrogens with zero attached hydrogens (tertiary/aromatic N) is 3. The van der Waals surface area contributed by atoms with Gasteiger partial charge in [0, 0.05) is 12.1 Å². The molecule has 0 unspecified atom stereocenters. The van der Waals surface area contributed by atoms with Crippen molar-refractivity contribution in [2.24, 2.45) is 0 Å². The van der Waals surface area contributed by atoms with Crippen molar-refractivity contribution in [2.45, 2.75) is 32.7 Å². The second-order valence-electron chi connectivity index (χ2n) is 7.77. The Kier molecular flexibility index (Phi) is 4.21. The fraction of sp³-hybridized carbons (Fsp3) is 0.348. The van der Waals surface area contributed by atoms with Crippen molar-refractivity contribution >= 4 is 16.8 Å². The first-order chi connectivity index (χ1) is 13.3. The molecule has 5 rings (SSSR count). The van der Waals surface area contributed by atoms with Gasteiger partial charge in [-0.3, -0.25) is 0 Å². The van der Waals surface area contributed by atoms with Crippen molar-refractivity contribution < 1.29 is 4.40 Å². The molecule has 3 heterocycles. The number of para-hydroxylation sites is 2. The third kappa shape index (κ3) is 3.04. The van der Waals surface area contributed by atoms with E-state index in [1.165, 1.54) is 72.5 Å². The molecule has 1 fully saturated rings. The quantitative estimate of drug-likeness (QED) is 0.532. The molecule has 1 saturated heterocycles. The third-order valence-corrected chi connectivity index (χ3v) is 5.84. The van der Waals surface area contributed by atoms with Crippen LogP contribution in [0.1, 0.15) is 24.8 Å². The van der Waals surface area contributed by atoms with Gasteiger partial charge in [0.1, 0.15) is 22.9 Å². The van der Waals surface area contributed by atoms with E-state index in [-0.39, 0.29) is 0 Å². The molecule has 138 valence electrons. The zero-order valence-corrected chi connectivity index (χ0v) is 16.0. The van der Waals surface area contributed by atoms with E-state index in [4.69, 9.17) is 0 Å². The number of aryl methyl sites for hydroxylation is 2. The summed E-state index contributed by atoms with van der Waals surface area (Å²) in [5.74, 6) is 1.17. The maximum Gasteiger partial charge on any atom is 0.368 e. The number of H-pyrrole nitrogens is 1. The Labute approximate surface area is 160 Å². The number of aromatic nitrogens is 3. The molecule has 0 saturated carbocycles. The standard InChI is InChI=1S/C23H26N4/c1-18-9-11-19(12-10-18)22-17-27-21-8-3-2-7-20(21)24-23(27)26(22)16-6-15-25-13-4-5-14-25/h2-3,7-12,17H,4-6,13-16H2,1H3/p+1. The van der Waals surface area contributed by atoms with Crippen LogP contribution in [0.2, 0.25) is 0 Å². The zero-order chi connectivity index (χ0) is 18.2. The van der Waals surface area contributed by atoms with Crippen LogP contribution < -0.4 is 4.40 Å². The lowest BCUT2D eigenvalue weighted by Crippen LogP contribution is -2.22.